The fraction of sp³-hybridized carbons (Fsp3) is 0.440. The van der Waals surface area contributed by atoms with E-state index in [1.807, 2.05) is 43.3 Å². The first-order valence-electron chi connectivity index (χ1n) is 11.5. The van der Waals surface area contributed by atoms with Crippen LogP contribution in [0, 0.1) is 12.3 Å². The summed E-state index contributed by atoms with van der Waals surface area (Å²) in [6.45, 7) is 3.14. The summed E-state index contributed by atoms with van der Waals surface area (Å²) in [5, 5.41) is 7.12. The largest absolute Gasteiger partial charge is 0.490 e. The van der Waals surface area contributed by atoms with Crippen LogP contribution in [0.2, 0.25) is 0 Å². The van der Waals surface area contributed by atoms with E-state index in [1.54, 1.807) is 11.1 Å². The fourth-order valence-electron chi connectivity index (χ4n) is 3.87. The van der Waals surface area contributed by atoms with Crippen molar-refractivity contribution in [1.82, 2.24) is 9.88 Å². The molecule has 202 valence electrons. The quantitative estimate of drug-likeness (QED) is 0.364. The van der Waals surface area contributed by atoms with Crippen molar-refractivity contribution in [2.75, 3.05) is 18.8 Å². The molecule has 3 rings (SSSR count). The molecule has 8 nitrogen and oxygen atoms in total. The van der Waals surface area contributed by atoms with Gasteiger partial charge in [-0.05, 0) is 49.4 Å². The number of nitrogens with two attached hydrogens (primary N) is 1. The lowest BCUT2D eigenvalue weighted by Crippen LogP contribution is -2.52. The molecule has 37 heavy (non-hydrogen) atoms. The van der Waals surface area contributed by atoms with Gasteiger partial charge < -0.3 is 20.5 Å². The zero-order chi connectivity index (χ0) is 27.6. The van der Waals surface area contributed by atoms with Gasteiger partial charge in [-0.15, -0.1) is 0 Å². The van der Waals surface area contributed by atoms with Crippen LogP contribution in [0.4, 0.5) is 13.2 Å². The Labute approximate surface area is 218 Å². The van der Waals surface area contributed by atoms with Gasteiger partial charge in [0.15, 0.2) is 0 Å². The van der Waals surface area contributed by atoms with Gasteiger partial charge in [-0.25, -0.2) is 4.79 Å². The van der Waals surface area contributed by atoms with Gasteiger partial charge in [0, 0.05) is 25.0 Å². The molecule has 1 aromatic carbocycles. The van der Waals surface area contributed by atoms with E-state index in [9.17, 15) is 22.8 Å². The molecule has 0 spiro atoms. The molecule has 1 amide bonds. The monoisotopic (exact) mass is 541 g/mol. The number of carboxylic acids is 1. The lowest BCUT2D eigenvalue weighted by Gasteiger charge is -2.41. The van der Waals surface area contributed by atoms with E-state index in [-0.39, 0.29) is 18.5 Å². The second-order valence-corrected chi connectivity index (χ2v) is 9.06. The second kappa shape index (κ2) is 13.4. The van der Waals surface area contributed by atoms with E-state index in [0.717, 1.165) is 11.1 Å². The minimum atomic E-state index is -5.08. The molecule has 2 heterocycles. The molecule has 0 bridgehead atoms. The molecule has 12 heteroatoms. The van der Waals surface area contributed by atoms with Gasteiger partial charge >= 0.3 is 18.1 Å². The number of benzene rings is 1. The van der Waals surface area contributed by atoms with Crippen LogP contribution in [-0.4, -0.2) is 63.9 Å². The van der Waals surface area contributed by atoms with Crippen LogP contribution in [0.25, 0.3) is 0 Å². The SMILES string of the molecule is Cc1ccccc1CC1(C(=O)OCc2ccccn2)CCN(C(=O)[C@@H](N)CS)CC1.O=C(O)C(F)(F)F. The third kappa shape index (κ3) is 8.74. The van der Waals surface area contributed by atoms with Crippen molar-refractivity contribution < 1.29 is 37.4 Å². The zero-order valence-electron chi connectivity index (χ0n) is 20.3. The molecule has 1 aromatic heterocycles. The van der Waals surface area contributed by atoms with E-state index in [4.69, 9.17) is 20.4 Å². The molecule has 0 saturated carbocycles. The van der Waals surface area contributed by atoms with E-state index in [1.165, 1.54) is 0 Å². The zero-order valence-corrected chi connectivity index (χ0v) is 21.2. The number of thiol groups is 1. The number of hydrogen-bond acceptors (Lipinski definition) is 7. The summed E-state index contributed by atoms with van der Waals surface area (Å²) < 4.78 is 37.4. The van der Waals surface area contributed by atoms with Gasteiger partial charge in [0.25, 0.3) is 0 Å². The summed E-state index contributed by atoms with van der Waals surface area (Å²) in [6, 6.07) is 13.0. The van der Waals surface area contributed by atoms with Crippen molar-refractivity contribution in [3.63, 3.8) is 0 Å². The molecule has 0 aliphatic carbocycles. The number of aryl methyl sites for hydroxylation is 1. The van der Waals surface area contributed by atoms with Gasteiger partial charge in [0.05, 0.1) is 17.2 Å². The number of piperidine rings is 1. The Balaban J connectivity index is 0.000000604. The van der Waals surface area contributed by atoms with Crippen LogP contribution in [0.3, 0.4) is 0 Å². The number of pyridine rings is 1. The van der Waals surface area contributed by atoms with Crippen LogP contribution < -0.4 is 5.73 Å². The Kier molecular flexibility index (Phi) is 10.9. The summed E-state index contributed by atoms with van der Waals surface area (Å²) in [7, 11) is 0. The van der Waals surface area contributed by atoms with Gasteiger partial charge in [-0.1, -0.05) is 30.3 Å². The number of rotatable bonds is 7. The summed E-state index contributed by atoms with van der Waals surface area (Å²) in [5.41, 5.74) is 8.17. The van der Waals surface area contributed by atoms with Crippen LogP contribution in [-0.2, 0) is 32.1 Å². The lowest BCUT2D eigenvalue weighted by molar-refractivity contribution is -0.192. The maximum Gasteiger partial charge on any atom is 0.490 e. The van der Waals surface area contributed by atoms with Crippen LogP contribution in [0.1, 0.15) is 29.7 Å². The number of esters is 1. The molecular formula is C25H30F3N3O5S. The standard InChI is InChI=1S/C23H29N3O3S.C2HF3O2/c1-17-6-2-3-7-18(17)14-23(22(28)29-15-19-8-4-5-11-25-19)9-12-26(13-10-23)21(27)20(24)16-30;3-2(4,5)1(6)7/h2-8,11,20,30H,9-10,12-16,24H2,1H3;(H,6,7)/t20-;/m0./s1. The number of carbonyl (C=O) groups is 3. The number of carboxylic acid groups (broad SMARTS) is 1. The van der Waals surface area contributed by atoms with Crippen LogP contribution >= 0.6 is 12.6 Å². The van der Waals surface area contributed by atoms with E-state index < -0.39 is 23.6 Å². The number of aromatic nitrogens is 1. The molecular weight excluding hydrogens is 511 g/mol. The molecule has 0 unspecified atom stereocenters. The Hall–Kier alpha value is -3.12. The minimum Gasteiger partial charge on any atom is -0.475 e. The number of carbonyl (C=O) groups excluding carboxylic acids is 2. The Morgan fingerprint density at radius 3 is 2.27 bits per heavy atom. The maximum absolute atomic E-state index is 13.3. The topological polar surface area (TPSA) is 123 Å². The first-order valence-corrected chi connectivity index (χ1v) is 12.1. The highest BCUT2D eigenvalue weighted by Gasteiger charge is 2.44. The number of hydrogen-bond donors (Lipinski definition) is 3. The molecule has 1 saturated heterocycles. The summed E-state index contributed by atoms with van der Waals surface area (Å²) in [4.78, 5) is 40.6. The minimum absolute atomic E-state index is 0.114. The number of alkyl halides is 3. The van der Waals surface area contributed by atoms with Crippen molar-refractivity contribution >= 4 is 30.5 Å². The first-order chi connectivity index (χ1) is 17.4. The van der Waals surface area contributed by atoms with Crippen molar-refractivity contribution in [1.29, 1.82) is 0 Å². The number of amides is 1. The van der Waals surface area contributed by atoms with E-state index >= 15 is 0 Å². The molecule has 1 atom stereocenters. The van der Waals surface area contributed by atoms with Gasteiger partial charge in [0.2, 0.25) is 5.91 Å². The molecule has 1 aliphatic rings. The normalized spacial score (nSPS) is 15.7. The Morgan fingerprint density at radius 2 is 1.76 bits per heavy atom. The highest BCUT2D eigenvalue weighted by molar-refractivity contribution is 7.80. The molecule has 1 fully saturated rings. The number of aliphatic carboxylic acids is 1. The average molecular weight is 542 g/mol. The number of likely N-dealkylation sites (tertiary alicyclic amines) is 1. The van der Waals surface area contributed by atoms with Gasteiger partial charge in [0.1, 0.15) is 6.61 Å². The second-order valence-electron chi connectivity index (χ2n) is 8.70. The van der Waals surface area contributed by atoms with Crippen LogP contribution in [0.5, 0.6) is 0 Å². The van der Waals surface area contributed by atoms with Crippen molar-refractivity contribution in [2.24, 2.45) is 11.1 Å². The lowest BCUT2D eigenvalue weighted by atomic mass is 9.73. The van der Waals surface area contributed by atoms with Crippen molar-refractivity contribution in [3.8, 4) is 0 Å². The number of ether oxygens (including phenoxy) is 1. The number of nitrogens with zero attached hydrogens (tertiary/aromatic N) is 2. The highest BCUT2D eigenvalue weighted by Crippen LogP contribution is 2.38. The third-order valence-corrected chi connectivity index (χ3v) is 6.48. The van der Waals surface area contributed by atoms with Gasteiger partial charge in [-0.2, -0.15) is 25.8 Å². The predicted octanol–water partition coefficient (Wildman–Crippen LogP) is 3.18. The summed E-state index contributed by atoms with van der Waals surface area (Å²) >= 11 is 4.13. The Bertz CT molecular complexity index is 1060. The van der Waals surface area contributed by atoms with Gasteiger partial charge in [-0.3, -0.25) is 14.6 Å². The molecule has 3 N–H and O–H groups in total. The third-order valence-electron chi connectivity index (χ3n) is 6.09. The van der Waals surface area contributed by atoms with Crippen LogP contribution in [0.15, 0.2) is 48.7 Å². The molecule has 1 aliphatic heterocycles. The van der Waals surface area contributed by atoms with Crippen molar-refractivity contribution in [3.05, 3.63) is 65.5 Å². The first kappa shape index (κ1) is 30.1. The summed E-state index contributed by atoms with van der Waals surface area (Å²) in [5.74, 6) is -2.80. The van der Waals surface area contributed by atoms with E-state index in [0.29, 0.717) is 43.8 Å². The fourth-order valence-corrected chi connectivity index (χ4v) is 4.03. The summed E-state index contributed by atoms with van der Waals surface area (Å²) in [6.07, 6.45) is -1.75. The maximum atomic E-state index is 13.3. The molecule has 0 radical (unpaired) electrons. The highest BCUT2D eigenvalue weighted by atomic mass is 32.1. The number of halogens is 3. The average Bonchev–Trinajstić information content (AvgIpc) is 2.88. The van der Waals surface area contributed by atoms with E-state index in [2.05, 4.69) is 23.7 Å². The smallest absolute Gasteiger partial charge is 0.475 e. The molecule has 2 aromatic rings. The van der Waals surface area contributed by atoms with Crippen molar-refractivity contribution in [2.45, 2.75) is 45.0 Å². The Morgan fingerprint density at radius 1 is 1.16 bits per heavy atom. The predicted molar refractivity (Wildman–Crippen MR) is 133 cm³/mol.